The molecule has 1 saturated heterocycles. The van der Waals surface area contributed by atoms with Gasteiger partial charge in [0.1, 0.15) is 5.65 Å². The van der Waals surface area contributed by atoms with Gasteiger partial charge in [0.15, 0.2) is 0 Å². The average molecular weight is 244 g/mol. The van der Waals surface area contributed by atoms with Gasteiger partial charge in [-0.25, -0.2) is 4.98 Å². The Morgan fingerprint density at radius 2 is 2.39 bits per heavy atom. The molecule has 0 amide bonds. The van der Waals surface area contributed by atoms with Crippen LogP contribution in [0.15, 0.2) is 24.5 Å². The van der Waals surface area contributed by atoms with Crippen molar-refractivity contribution in [2.75, 3.05) is 13.1 Å². The molecule has 1 aliphatic heterocycles. The molecule has 2 atom stereocenters. The number of likely N-dealkylation sites (tertiary alicyclic amines) is 1. The van der Waals surface area contributed by atoms with E-state index in [1.165, 1.54) is 10.9 Å². The first kappa shape index (κ1) is 11.7. The van der Waals surface area contributed by atoms with Gasteiger partial charge >= 0.3 is 0 Å². The Labute approximate surface area is 107 Å². The molecule has 0 aliphatic carbocycles. The number of aromatic nitrogens is 2. The molecule has 0 bridgehead atoms. The van der Waals surface area contributed by atoms with Gasteiger partial charge < -0.3 is 10.7 Å². The Balaban J connectivity index is 1.79. The van der Waals surface area contributed by atoms with E-state index >= 15 is 0 Å². The maximum absolute atomic E-state index is 6.10. The van der Waals surface area contributed by atoms with Crippen molar-refractivity contribution in [2.45, 2.75) is 25.9 Å². The van der Waals surface area contributed by atoms with Gasteiger partial charge in [0.2, 0.25) is 0 Å². The number of nitrogens with one attached hydrogen (secondary N) is 1. The number of piperidine rings is 1. The fraction of sp³-hybridized carbons (Fsp3) is 0.500. The van der Waals surface area contributed by atoms with Gasteiger partial charge in [-0.15, -0.1) is 0 Å². The molecule has 2 aromatic heterocycles. The SMILES string of the molecule is CC1CC(N)CN(Cc2c[nH]c3ncccc23)C1. The average Bonchev–Trinajstić information content (AvgIpc) is 2.72. The summed E-state index contributed by atoms with van der Waals surface area (Å²) >= 11 is 0. The first-order valence-electron chi connectivity index (χ1n) is 6.61. The zero-order valence-electron chi connectivity index (χ0n) is 10.8. The number of nitrogens with two attached hydrogens (primary N) is 1. The number of rotatable bonds is 2. The van der Waals surface area contributed by atoms with Crippen molar-refractivity contribution in [1.29, 1.82) is 0 Å². The minimum absolute atomic E-state index is 0.317. The molecule has 2 aromatic rings. The molecule has 18 heavy (non-hydrogen) atoms. The van der Waals surface area contributed by atoms with E-state index in [0.29, 0.717) is 12.0 Å². The van der Waals surface area contributed by atoms with Gasteiger partial charge in [-0.05, 0) is 30.0 Å². The lowest BCUT2D eigenvalue weighted by molar-refractivity contribution is 0.159. The van der Waals surface area contributed by atoms with Crippen LogP contribution in [0.3, 0.4) is 0 Å². The van der Waals surface area contributed by atoms with Crippen LogP contribution in [0, 0.1) is 5.92 Å². The van der Waals surface area contributed by atoms with E-state index in [-0.39, 0.29) is 0 Å². The van der Waals surface area contributed by atoms with Gasteiger partial charge in [0.25, 0.3) is 0 Å². The molecule has 4 nitrogen and oxygen atoms in total. The van der Waals surface area contributed by atoms with Crippen LogP contribution in [0.4, 0.5) is 0 Å². The topological polar surface area (TPSA) is 57.9 Å². The Morgan fingerprint density at radius 1 is 1.50 bits per heavy atom. The Bertz CT molecular complexity index is 523. The van der Waals surface area contributed by atoms with Gasteiger partial charge in [0.05, 0.1) is 0 Å². The molecule has 3 heterocycles. The molecule has 0 spiro atoms. The fourth-order valence-electron chi connectivity index (χ4n) is 3.03. The predicted molar refractivity (Wildman–Crippen MR) is 73.1 cm³/mol. The van der Waals surface area contributed by atoms with E-state index < -0.39 is 0 Å². The van der Waals surface area contributed by atoms with Gasteiger partial charge in [-0.2, -0.15) is 0 Å². The highest BCUT2D eigenvalue weighted by molar-refractivity contribution is 5.79. The van der Waals surface area contributed by atoms with E-state index in [4.69, 9.17) is 5.73 Å². The Morgan fingerprint density at radius 3 is 3.22 bits per heavy atom. The quantitative estimate of drug-likeness (QED) is 0.846. The zero-order chi connectivity index (χ0) is 12.5. The summed E-state index contributed by atoms with van der Waals surface area (Å²) in [4.78, 5) is 10.0. The third-order valence-electron chi connectivity index (χ3n) is 3.70. The number of nitrogens with zero attached hydrogens (tertiary/aromatic N) is 2. The summed E-state index contributed by atoms with van der Waals surface area (Å²) in [5.74, 6) is 0.692. The summed E-state index contributed by atoms with van der Waals surface area (Å²) in [5, 5.41) is 1.23. The fourth-order valence-corrected chi connectivity index (χ4v) is 3.03. The first-order valence-corrected chi connectivity index (χ1v) is 6.61. The zero-order valence-corrected chi connectivity index (χ0v) is 10.8. The Kier molecular flexibility index (Phi) is 3.06. The van der Waals surface area contributed by atoms with Crippen molar-refractivity contribution in [1.82, 2.24) is 14.9 Å². The summed E-state index contributed by atoms with van der Waals surface area (Å²) < 4.78 is 0. The second-order valence-corrected chi connectivity index (χ2v) is 5.51. The predicted octanol–water partition coefficient (Wildman–Crippen LogP) is 1.73. The lowest BCUT2D eigenvalue weighted by atomic mass is 9.96. The maximum atomic E-state index is 6.10. The van der Waals surface area contributed by atoms with Crippen molar-refractivity contribution in [3.63, 3.8) is 0 Å². The molecule has 0 saturated carbocycles. The lowest BCUT2D eigenvalue weighted by Gasteiger charge is -2.34. The van der Waals surface area contributed by atoms with E-state index in [2.05, 4.69) is 34.1 Å². The summed E-state index contributed by atoms with van der Waals surface area (Å²) in [6.07, 6.45) is 5.04. The van der Waals surface area contributed by atoms with Crippen LogP contribution in [0.25, 0.3) is 11.0 Å². The third kappa shape index (κ3) is 2.26. The number of H-pyrrole nitrogens is 1. The molecule has 0 aromatic carbocycles. The monoisotopic (exact) mass is 244 g/mol. The lowest BCUT2D eigenvalue weighted by Crippen LogP contribution is -2.45. The van der Waals surface area contributed by atoms with Crippen molar-refractivity contribution in [2.24, 2.45) is 11.7 Å². The molecule has 1 fully saturated rings. The highest BCUT2D eigenvalue weighted by Gasteiger charge is 2.22. The number of aromatic amines is 1. The number of hydrogen-bond acceptors (Lipinski definition) is 3. The normalized spacial score (nSPS) is 25.7. The molecule has 96 valence electrons. The smallest absolute Gasteiger partial charge is 0.137 e. The molecular formula is C14H20N4. The number of pyridine rings is 1. The van der Waals surface area contributed by atoms with E-state index in [1.807, 2.05) is 12.3 Å². The van der Waals surface area contributed by atoms with E-state index in [9.17, 15) is 0 Å². The molecule has 1 aliphatic rings. The van der Waals surface area contributed by atoms with Gasteiger partial charge in [-0.1, -0.05) is 6.92 Å². The van der Waals surface area contributed by atoms with Gasteiger partial charge in [0, 0.05) is 43.5 Å². The van der Waals surface area contributed by atoms with E-state index in [0.717, 1.165) is 31.7 Å². The number of hydrogen-bond donors (Lipinski definition) is 2. The maximum Gasteiger partial charge on any atom is 0.137 e. The minimum atomic E-state index is 0.317. The minimum Gasteiger partial charge on any atom is -0.346 e. The van der Waals surface area contributed by atoms with Crippen LogP contribution in [0.5, 0.6) is 0 Å². The molecule has 2 unspecified atom stereocenters. The first-order chi connectivity index (χ1) is 8.72. The number of fused-ring (bicyclic) bond motifs is 1. The largest absolute Gasteiger partial charge is 0.346 e. The summed E-state index contributed by atoms with van der Waals surface area (Å²) in [7, 11) is 0. The highest BCUT2D eigenvalue weighted by atomic mass is 15.1. The second kappa shape index (κ2) is 4.71. The van der Waals surface area contributed by atoms with Crippen molar-refractivity contribution in [3.8, 4) is 0 Å². The molecule has 4 heteroatoms. The van der Waals surface area contributed by atoms with Crippen LogP contribution in [0.2, 0.25) is 0 Å². The van der Waals surface area contributed by atoms with Gasteiger partial charge in [-0.3, -0.25) is 4.90 Å². The van der Waals surface area contributed by atoms with Crippen LogP contribution >= 0.6 is 0 Å². The Hall–Kier alpha value is -1.39. The van der Waals surface area contributed by atoms with Crippen molar-refractivity contribution in [3.05, 3.63) is 30.1 Å². The molecule has 0 radical (unpaired) electrons. The van der Waals surface area contributed by atoms with Crippen LogP contribution in [-0.2, 0) is 6.54 Å². The molecule has 3 rings (SSSR count). The molecule has 3 N–H and O–H groups in total. The summed E-state index contributed by atoms with van der Waals surface area (Å²) in [6, 6.07) is 4.43. The van der Waals surface area contributed by atoms with Crippen LogP contribution in [-0.4, -0.2) is 34.0 Å². The second-order valence-electron chi connectivity index (χ2n) is 5.51. The summed E-state index contributed by atoms with van der Waals surface area (Å²) in [6.45, 7) is 5.38. The summed E-state index contributed by atoms with van der Waals surface area (Å²) in [5.41, 5.74) is 8.39. The van der Waals surface area contributed by atoms with Crippen LogP contribution < -0.4 is 5.73 Å². The highest BCUT2D eigenvalue weighted by Crippen LogP contribution is 2.21. The standard InChI is InChI=1S/C14H20N4/c1-10-5-12(15)9-18(7-10)8-11-6-17-14-13(11)3-2-4-16-14/h2-4,6,10,12H,5,7-9,15H2,1H3,(H,16,17). The van der Waals surface area contributed by atoms with E-state index in [1.54, 1.807) is 0 Å². The molecular weight excluding hydrogens is 224 g/mol. The van der Waals surface area contributed by atoms with Crippen molar-refractivity contribution < 1.29 is 0 Å². The van der Waals surface area contributed by atoms with Crippen molar-refractivity contribution >= 4 is 11.0 Å². The van der Waals surface area contributed by atoms with Crippen LogP contribution in [0.1, 0.15) is 18.9 Å². The third-order valence-corrected chi connectivity index (χ3v) is 3.70.